The van der Waals surface area contributed by atoms with Crippen molar-refractivity contribution in [3.8, 4) is 11.1 Å². The Morgan fingerprint density at radius 3 is 0.676 bits per heavy atom. The summed E-state index contributed by atoms with van der Waals surface area (Å²) in [7, 11) is 7.48. The van der Waals surface area contributed by atoms with E-state index in [2.05, 4.69) is 285 Å². The van der Waals surface area contributed by atoms with Crippen molar-refractivity contribution in [3.63, 3.8) is 0 Å². The Morgan fingerprint density at radius 1 is 0.221 bits per heavy atom. The summed E-state index contributed by atoms with van der Waals surface area (Å²) in [5.74, 6) is 0. The second-order valence-corrected chi connectivity index (χ2v) is 24.7. The second-order valence-electron chi connectivity index (χ2n) is 15.8. The Morgan fingerprint density at radius 2 is 0.426 bits per heavy atom. The van der Waals surface area contributed by atoms with Gasteiger partial charge in [-0.05, 0) is 104 Å². The van der Waals surface area contributed by atoms with E-state index in [-0.39, 0.29) is 15.9 Å². The van der Waals surface area contributed by atoms with Crippen molar-refractivity contribution in [3.05, 3.63) is 285 Å². The van der Waals surface area contributed by atoms with Gasteiger partial charge in [0.1, 0.15) is 0 Å². The molecule has 0 aliphatic heterocycles. The number of halogens is 2. The van der Waals surface area contributed by atoms with Crippen LogP contribution in [0, 0.1) is 0 Å². The molecule has 0 amide bonds. The Kier molecular flexibility index (Phi) is 16.9. The zero-order valence-electron chi connectivity index (χ0n) is 37.0. The molecular formula is C62H47Cl2P3Pd. The number of hydrogen-bond acceptors (Lipinski definition) is 0. The van der Waals surface area contributed by atoms with Crippen LogP contribution in [0.2, 0.25) is 0 Å². The monoisotopic (exact) mass is 1060 g/mol. The summed E-state index contributed by atoms with van der Waals surface area (Å²) < 4.78 is 0. The molecule has 11 rings (SSSR count). The van der Waals surface area contributed by atoms with Crippen LogP contribution < -0.4 is 47.7 Å². The van der Waals surface area contributed by atoms with Crippen molar-refractivity contribution >= 4 is 112 Å². The average Bonchev–Trinajstić information content (AvgIpc) is 3.41. The van der Waals surface area contributed by atoms with E-state index in [1.165, 1.54) is 80.4 Å². The predicted molar refractivity (Wildman–Crippen MR) is 301 cm³/mol. The maximum absolute atomic E-state index is 4.81. The summed E-state index contributed by atoms with van der Waals surface area (Å²) in [6.07, 6.45) is 0. The van der Waals surface area contributed by atoms with E-state index in [9.17, 15) is 0 Å². The molecule has 0 aromatic heterocycles. The summed E-state index contributed by atoms with van der Waals surface area (Å²) in [5.41, 5.74) is 2.70. The minimum absolute atomic E-state index is 0.106. The minimum atomic E-state index is -0.852. The molecule has 0 aliphatic carbocycles. The molecule has 0 heterocycles. The molecule has 0 saturated carbocycles. The van der Waals surface area contributed by atoms with E-state index in [4.69, 9.17) is 19.1 Å². The van der Waals surface area contributed by atoms with E-state index >= 15 is 0 Å². The molecule has 0 radical (unpaired) electrons. The molecule has 0 unspecified atom stereocenters. The van der Waals surface area contributed by atoms with Crippen molar-refractivity contribution in [1.82, 2.24) is 0 Å². The van der Waals surface area contributed by atoms with Gasteiger partial charge in [-0.15, -0.1) is 0 Å². The number of fused-ring (bicyclic) bond motifs is 2. The standard InChI is InChI=1S/C44H32P2.C18H15P.2ClH.Pd/c1-5-19-35(20-6-1)45(36-21-7-2-8-22-36)41-31-29-33-17-13-15-27-39(33)43(41)44-40-28-16-14-18-34(40)30-32-42(44)46(37-23-9-3-10-24-37)38-25-11-4-12-26-38;1-4-10-16(11-5-1)19(17-12-6-2-7-13-17)18-14-8-3-9-15-18;;;/h1-32H;1-15H;2*1H;/q;;;;+2/p-2. The van der Waals surface area contributed by atoms with E-state index in [0.29, 0.717) is 0 Å². The van der Waals surface area contributed by atoms with Gasteiger partial charge in [0.25, 0.3) is 0 Å². The van der Waals surface area contributed by atoms with E-state index in [1.54, 1.807) is 0 Å². The van der Waals surface area contributed by atoms with Gasteiger partial charge in [-0.25, -0.2) is 0 Å². The molecule has 0 N–H and O–H groups in total. The molecule has 0 atom stereocenters. The first-order valence-electron chi connectivity index (χ1n) is 22.4. The molecule has 0 bridgehead atoms. The van der Waals surface area contributed by atoms with Crippen molar-refractivity contribution in [2.75, 3.05) is 0 Å². The normalized spacial score (nSPS) is 11.0. The van der Waals surface area contributed by atoms with Crippen LogP contribution in [0.3, 0.4) is 0 Å². The van der Waals surface area contributed by atoms with Crippen molar-refractivity contribution in [1.29, 1.82) is 0 Å². The van der Waals surface area contributed by atoms with E-state index < -0.39 is 23.8 Å². The molecule has 0 saturated heterocycles. The smallest absolute Gasteiger partial charge is 0.000884 e. The van der Waals surface area contributed by atoms with Crippen molar-refractivity contribution in [2.45, 2.75) is 0 Å². The number of benzene rings is 11. The van der Waals surface area contributed by atoms with Crippen LogP contribution in [0.25, 0.3) is 32.7 Å². The van der Waals surface area contributed by atoms with Gasteiger partial charge in [0.05, 0.1) is 0 Å². The van der Waals surface area contributed by atoms with E-state index in [0.717, 1.165) is 0 Å². The molecule has 334 valence electrons. The summed E-state index contributed by atoms with van der Waals surface area (Å²) in [4.78, 5) is 0. The van der Waals surface area contributed by atoms with E-state index in [1.807, 2.05) is 0 Å². The molecule has 0 aliphatic rings. The first-order valence-corrected chi connectivity index (χ1v) is 30.4. The van der Waals surface area contributed by atoms with Crippen LogP contribution in [0.15, 0.2) is 285 Å². The number of hydrogen-bond donors (Lipinski definition) is 0. The quantitative estimate of drug-likeness (QED) is 0.0946. The largest absolute Gasteiger partial charge is 0.0622 e. The molecule has 0 nitrogen and oxygen atoms in total. The van der Waals surface area contributed by atoms with Gasteiger partial charge in [-0.2, -0.15) is 0 Å². The minimum Gasteiger partial charge on any atom is -0.0622 e. The Hall–Kier alpha value is -5.53. The fourth-order valence-corrected chi connectivity index (χ4v) is 16.0. The Labute approximate surface area is 421 Å². The zero-order chi connectivity index (χ0) is 46.3. The fourth-order valence-electron chi connectivity index (χ4n) is 8.76. The number of rotatable bonds is 10. The van der Waals surface area contributed by atoms with Crippen LogP contribution in [0.4, 0.5) is 0 Å². The van der Waals surface area contributed by atoms with Crippen LogP contribution in [0.1, 0.15) is 0 Å². The third-order valence-electron chi connectivity index (χ3n) is 11.6. The summed E-state index contributed by atoms with van der Waals surface area (Å²) in [6.45, 7) is 0. The second kappa shape index (κ2) is 24.2. The van der Waals surface area contributed by atoms with Crippen molar-refractivity contribution in [2.24, 2.45) is 0 Å². The average molecular weight is 1060 g/mol. The van der Waals surface area contributed by atoms with Gasteiger partial charge in [-0.1, -0.05) is 285 Å². The molecule has 68 heavy (non-hydrogen) atoms. The SMILES string of the molecule is [Cl][Pd][Cl].c1ccc(P(c2ccccc2)c2ccc3ccccc3c2-c2c(P(c3ccccc3)c3ccccc3)ccc3ccccc23)cc1.c1ccc(P(c2ccccc2)c2ccccc2)cc1. The summed E-state index contributed by atoms with van der Waals surface area (Å²) >= 11 is -0.106. The molecule has 0 spiro atoms. The Bertz CT molecular complexity index is 2940. The molecule has 11 aromatic rings. The van der Waals surface area contributed by atoms with Gasteiger partial charge in [0.2, 0.25) is 0 Å². The maximum atomic E-state index is 4.81. The predicted octanol–water partition coefficient (Wildman–Crippen LogP) is 14.0. The first-order chi connectivity index (χ1) is 33.7. The van der Waals surface area contributed by atoms with Crippen LogP contribution in [0.5, 0.6) is 0 Å². The molecule has 6 heteroatoms. The van der Waals surface area contributed by atoms with Crippen LogP contribution in [-0.4, -0.2) is 0 Å². The van der Waals surface area contributed by atoms with Gasteiger partial charge < -0.3 is 0 Å². The fraction of sp³-hybridized carbons (Fsp3) is 0. The van der Waals surface area contributed by atoms with Crippen LogP contribution >= 0.6 is 42.8 Å². The molecule has 11 aromatic carbocycles. The maximum Gasteiger partial charge on any atom is -0.000884 e. The van der Waals surface area contributed by atoms with Gasteiger partial charge in [0, 0.05) is 0 Å². The molecule has 0 fully saturated rings. The van der Waals surface area contributed by atoms with Crippen LogP contribution in [-0.2, 0) is 15.9 Å². The van der Waals surface area contributed by atoms with Gasteiger partial charge >= 0.3 is 35.0 Å². The third kappa shape index (κ3) is 11.2. The summed E-state index contributed by atoms with van der Waals surface area (Å²) in [6, 6.07) is 104. The van der Waals surface area contributed by atoms with Gasteiger partial charge in [-0.3, -0.25) is 0 Å². The zero-order valence-corrected chi connectivity index (χ0v) is 42.8. The van der Waals surface area contributed by atoms with Gasteiger partial charge in [0.15, 0.2) is 0 Å². The summed E-state index contributed by atoms with van der Waals surface area (Å²) in [5, 5.41) is 17.5. The molecular weight excluding hydrogens is 1010 g/mol. The third-order valence-corrected chi connectivity index (χ3v) is 19.1. The van der Waals surface area contributed by atoms with Crippen molar-refractivity contribution < 1.29 is 15.9 Å². The first kappa shape index (κ1) is 47.5. The topological polar surface area (TPSA) is 0 Å². The Balaban J connectivity index is 0.000000218.